The second kappa shape index (κ2) is 4.59. The average molecular weight is 273 g/mol. The van der Waals surface area contributed by atoms with E-state index >= 15 is 0 Å². The monoisotopic (exact) mass is 272 g/mol. The van der Waals surface area contributed by atoms with Crippen LogP contribution in [0.2, 0.25) is 5.02 Å². The minimum Gasteiger partial charge on any atom is -0.337 e. The molecule has 2 N–H and O–H groups in total. The van der Waals surface area contributed by atoms with Gasteiger partial charge in [-0.25, -0.2) is 0 Å². The summed E-state index contributed by atoms with van der Waals surface area (Å²) < 4.78 is 0. The minimum absolute atomic E-state index is 0.0301. The summed E-state index contributed by atoms with van der Waals surface area (Å²) in [6.07, 6.45) is 0.849. The molecule has 2 rings (SSSR count). The van der Waals surface area contributed by atoms with Gasteiger partial charge in [0.2, 0.25) is 0 Å². The Labute approximate surface area is 111 Å². The fourth-order valence-electron chi connectivity index (χ4n) is 2.14. The Bertz CT molecular complexity index is 430. The van der Waals surface area contributed by atoms with E-state index in [0.29, 0.717) is 16.4 Å². The standard InChI is InChI=1S/C12H17ClN2OS/c1-12(2)7-15(5-3-9(12)14)11(16)10-8(13)4-6-17-10/h4,6,9H,3,5,7,14H2,1-2H3. The Morgan fingerprint density at radius 1 is 1.65 bits per heavy atom. The molecule has 0 saturated carbocycles. The molecule has 1 aliphatic rings. The molecular weight excluding hydrogens is 256 g/mol. The third kappa shape index (κ3) is 2.49. The maximum atomic E-state index is 12.3. The van der Waals surface area contributed by atoms with Gasteiger partial charge >= 0.3 is 0 Å². The van der Waals surface area contributed by atoms with Crippen molar-refractivity contribution >= 4 is 28.8 Å². The third-order valence-electron chi connectivity index (χ3n) is 3.41. The first kappa shape index (κ1) is 12.9. The molecule has 1 unspecified atom stereocenters. The van der Waals surface area contributed by atoms with Gasteiger partial charge in [-0.1, -0.05) is 25.4 Å². The number of nitrogens with zero attached hydrogens (tertiary/aromatic N) is 1. The lowest BCUT2D eigenvalue weighted by Gasteiger charge is -2.42. The highest BCUT2D eigenvalue weighted by Gasteiger charge is 2.36. The molecule has 1 saturated heterocycles. The molecule has 17 heavy (non-hydrogen) atoms. The lowest BCUT2D eigenvalue weighted by molar-refractivity contribution is 0.0538. The molecule has 94 valence electrons. The van der Waals surface area contributed by atoms with Crippen LogP contribution in [-0.4, -0.2) is 29.9 Å². The highest BCUT2D eigenvalue weighted by atomic mass is 35.5. The fourth-order valence-corrected chi connectivity index (χ4v) is 3.24. The summed E-state index contributed by atoms with van der Waals surface area (Å²) in [5.41, 5.74) is 6.03. The number of amides is 1. The summed E-state index contributed by atoms with van der Waals surface area (Å²) in [4.78, 5) is 14.8. The van der Waals surface area contributed by atoms with E-state index in [4.69, 9.17) is 17.3 Å². The van der Waals surface area contributed by atoms with Gasteiger partial charge in [-0.15, -0.1) is 11.3 Å². The number of hydrogen-bond donors (Lipinski definition) is 1. The van der Waals surface area contributed by atoms with E-state index in [0.717, 1.165) is 13.0 Å². The van der Waals surface area contributed by atoms with Gasteiger partial charge in [0.25, 0.3) is 5.91 Å². The van der Waals surface area contributed by atoms with Crippen LogP contribution in [-0.2, 0) is 0 Å². The van der Waals surface area contributed by atoms with Crippen LogP contribution >= 0.6 is 22.9 Å². The van der Waals surface area contributed by atoms with E-state index in [-0.39, 0.29) is 17.4 Å². The summed E-state index contributed by atoms with van der Waals surface area (Å²) in [5, 5.41) is 2.39. The van der Waals surface area contributed by atoms with Gasteiger partial charge in [0.15, 0.2) is 0 Å². The molecule has 1 aliphatic heterocycles. The molecule has 0 aliphatic carbocycles. The van der Waals surface area contributed by atoms with Crippen LogP contribution in [0.25, 0.3) is 0 Å². The number of piperidine rings is 1. The Kier molecular flexibility index (Phi) is 3.48. The SMILES string of the molecule is CC1(C)CN(C(=O)c2sccc2Cl)CCC1N. The van der Waals surface area contributed by atoms with Crippen molar-refractivity contribution in [3.63, 3.8) is 0 Å². The molecular formula is C12H17ClN2OS. The molecule has 1 atom stereocenters. The number of rotatable bonds is 1. The molecule has 1 aromatic rings. The molecule has 1 fully saturated rings. The minimum atomic E-state index is -0.0301. The third-order valence-corrected chi connectivity index (χ3v) is 4.74. The predicted molar refractivity (Wildman–Crippen MR) is 71.6 cm³/mol. The van der Waals surface area contributed by atoms with E-state index in [9.17, 15) is 4.79 Å². The van der Waals surface area contributed by atoms with E-state index in [1.54, 1.807) is 6.07 Å². The van der Waals surface area contributed by atoms with E-state index < -0.39 is 0 Å². The summed E-state index contributed by atoms with van der Waals surface area (Å²) in [6.45, 7) is 5.62. The van der Waals surface area contributed by atoms with E-state index in [1.165, 1.54) is 11.3 Å². The van der Waals surface area contributed by atoms with Crippen molar-refractivity contribution in [3.8, 4) is 0 Å². The van der Waals surface area contributed by atoms with Gasteiger partial charge < -0.3 is 10.6 Å². The molecule has 5 heteroatoms. The predicted octanol–water partition coefficient (Wildman–Crippen LogP) is 2.60. The van der Waals surface area contributed by atoms with E-state index in [2.05, 4.69) is 13.8 Å². The molecule has 0 bridgehead atoms. The first-order valence-corrected chi connectivity index (χ1v) is 6.95. The average Bonchev–Trinajstić information content (AvgIpc) is 2.67. The number of carbonyl (C=O) groups excluding carboxylic acids is 1. The van der Waals surface area contributed by atoms with Crippen LogP contribution < -0.4 is 5.73 Å². The number of halogens is 1. The van der Waals surface area contributed by atoms with Crippen LogP contribution in [0.3, 0.4) is 0 Å². The molecule has 0 spiro atoms. The Balaban J connectivity index is 2.15. The number of nitrogens with two attached hydrogens (primary N) is 1. The number of thiophene rings is 1. The molecule has 1 amide bonds. The lowest BCUT2D eigenvalue weighted by atomic mass is 9.79. The van der Waals surface area contributed by atoms with Gasteiger partial charge in [-0.05, 0) is 23.3 Å². The quantitative estimate of drug-likeness (QED) is 0.854. The van der Waals surface area contributed by atoms with Crippen LogP contribution in [0, 0.1) is 5.41 Å². The molecule has 0 aromatic carbocycles. The Morgan fingerprint density at radius 3 is 2.88 bits per heavy atom. The zero-order valence-electron chi connectivity index (χ0n) is 10.1. The largest absolute Gasteiger partial charge is 0.337 e. The second-order valence-corrected chi connectivity index (χ2v) is 6.53. The summed E-state index contributed by atoms with van der Waals surface area (Å²) in [7, 11) is 0. The van der Waals surface area contributed by atoms with Gasteiger partial charge in [0.1, 0.15) is 4.88 Å². The maximum absolute atomic E-state index is 12.3. The number of carbonyl (C=O) groups is 1. The number of hydrogen-bond acceptors (Lipinski definition) is 3. The zero-order chi connectivity index (χ0) is 12.6. The van der Waals surface area contributed by atoms with Gasteiger partial charge in [-0.3, -0.25) is 4.79 Å². The van der Waals surface area contributed by atoms with Crippen molar-refractivity contribution in [1.82, 2.24) is 4.90 Å². The van der Waals surface area contributed by atoms with E-state index in [1.807, 2.05) is 10.3 Å². The highest BCUT2D eigenvalue weighted by Crippen LogP contribution is 2.30. The van der Waals surface area contributed by atoms with Crippen LogP contribution in [0.4, 0.5) is 0 Å². The van der Waals surface area contributed by atoms with Crippen molar-refractivity contribution in [3.05, 3.63) is 21.3 Å². The van der Waals surface area contributed by atoms with Gasteiger partial charge in [0, 0.05) is 19.1 Å². The molecule has 1 aromatic heterocycles. The summed E-state index contributed by atoms with van der Waals surface area (Å²) in [6, 6.07) is 1.92. The smallest absolute Gasteiger partial charge is 0.265 e. The first-order valence-electron chi connectivity index (χ1n) is 5.69. The van der Waals surface area contributed by atoms with Crippen molar-refractivity contribution < 1.29 is 4.79 Å². The Morgan fingerprint density at radius 2 is 2.35 bits per heavy atom. The summed E-state index contributed by atoms with van der Waals surface area (Å²) >= 11 is 7.39. The first-order chi connectivity index (χ1) is 7.92. The second-order valence-electron chi connectivity index (χ2n) is 5.21. The topological polar surface area (TPSA) is 46.3 Å². The zero-order valence-corrected chi connectivity index (χ0v) is 11.6. The van der Waals surface area contributed by atoms with Crippen LogP contribution in [0.15, 0.2) is 11.4 Å². The van der Waals surface area contributed by atoms with Crippen molar-refractivity contribution in [2.45, 2.75) is 26.3 Å². The van der Waals surface area contributed by atoms with Gasteiger partial charge in [-0.2, -0.15) is 0 Å². The van der Waals surface area contributed by atoms with Crippen LogP contribution in [0.5, 0.6) is 0 Å². The maximum Gasteiger partial charge on any atom is 0.265 e. The van der Waals surface area contributed by atoms with Crippen LogP contribution in [0.1, 0.15) is 29.9 Å². The molecule has 2 heterocycles. The highest BCUT2D eigenvalue weighted by molar-refractivity contribution is 7.12. The van der Waals surface area contributed by atoms with Crippen molar-refractivity contribution in [2.75, 3.05) is 13.1 Å². The lowest BCUT2D eigenvalue weighted by Crippen LogP contribution is -2.53. The molecule has 0 radical (unpaired) electrons. The van der Waals surface area contributed by atoms with Crippen molar-refractivity contribution in [1.29, 1.82) is 0 Å². The number of likely N-dealkylation sites (tertiary alicyclic amines) is 1. The normalized spacial score (nSPS) is 23.8. The molecule has 3 nitrogen and oxygen atoms in total. The van der Waals surface area contributed by atoms with Crippen molar-refractivity contribution in [2.24, 2.45) is 11.1 Å². The summed E-state index contributed by atoms with van der Waals surface area (Å²) in [5.74, 6) is 0.0324. The fraction of sp³-hybridized carbons (Fsp3) is 0.583. The Hall–Kier alpha value is -0.580. The van der Waals surface area contributed by atoms with Gasteiger partial charge in [0.05, 0.1) is 5.02 Å².